The van der Waals surface area contributed by atoms with Crippen LogP contribution in [0.3, 0.4) is 0 Å². The van der Waals surface area contributed by atoms with Gasteiger partial charge in [-0.2, -0.15) is 5.10 Å². The lowest BCUT2D eigenvalue weighted by Crippen LogP contribution is -2.24. The number of carbonyl (C=O) groups is 1. The molecule has 2 aromatic heterocycles. The second-order valence-electron chi connectivity index (χ2n) is 6.45. The lowest BCUT2D eigenvalue weighted by Gasteiger charge is -2.10. The number of hydrogen-bond donors (Lipinski definition) is 1. The number of hydrogen-bond acceptors (Lipinski definition) is 4. The van der Waals surface area contributed by atoms with Crippen molar-refractivity contribution in [1.82, 2.24) is 20.1 Å². The number of likely N-dealkylation sites (N-methyl/N-ethyl adjacent to an activating group) is 1. The second kappa shape index (κ2) is 8.77. The first kappa shape index (κ1) is 19.7. The number of carbonyl (C=O) groups excluding carboxylic acids is 1. The van der Waals surface area contributed by atoms with Crippen LogP contribution in [0.1, 0.15) is 23.7 Å². The maximum Gasteiger partial charge on any atom is 0.272 e. The van der Waals surface area contributed by atoms with Crippen molar-refractivity contribution in [1.29, 1.82) is 0 Å². The number of alkyl halides is 2. The topological polar surface area (TPSA) is 69.0 Å². The Morgan fingerprint density at radius 1 is 1.32 bits per heavy atom. The third-order valence-corrected chi connectivity index (χ3v) is 4.21. The van der Waals surface area contributed by atoms with E-state index in [0.29, 0.717) is 24.5 Å². The van der Waals surface area contributed by atoms with Crippen molar-refractivity contribution in [3.05, 3.63) is 53.5 Å². The van der Waals surface area contributed by atoms with E-state index in [1.807, 2.05) is 32.2 Å². The molecule has 3 aromatic rings. The molecule has 0 spiro atoms. The van der Waals surface area contributed by atoms with Crippen LogP contribution in [0.5, 0.6) is 5.75 Å². The van der Waals surface area contributed by atoms with Gasteiger partial charge >= 0.3 is 0 Å². The summed E-state index contributed by atoms with van der Waals surface area (Å²) >= 11 is 0. The van der Waals surface area contributed by atoms with Gasteiger partial charge in [-0.1, -0.05) is 12.1 Å². The van der Waals surface area contributed by atoms with E-state index >= 15 is 0 Å². The van der Waals surface area contributed by atoms with E-state index in [0.717, 1.165) is 22.0 Å². The molecule has 0 fully saturated rings. The first-order valence-corrected chi connectivity index (χ1v) is 9.04. The van der Waals surface area contributed by atoms with Crippen molar-refractivity contribution in [3.8, 4) is 5.75 Å². The van der Waals surface area contributed by atoms with Crippen LogP contribution in [0.2, 0.25) is 0 Å². The SMILES string of the molecule is CCNC(=O)Cc1nccc2nn(Cc3ccc(OCC(F)F)c(C)c3)cc12. The summed E-state index contributed by atoms with van der Waals surface area (Å²) in [6.07, 6.45) is 1.21. The fourth-order valence-corrected chi connectivity index (χ4v) is 2.99. The Balaban J connectivity index is 1.77. The average molecular weight is 388 g/mol. The lowest BCUT2D eigenvalue weighted by molar-refractivity contribution is -0.120. The maximum absolute atomic E-state index is 12.3. The van der Waals surface area contributed by atoms with Gasteiger partial charge in [-0.15, -0.1) is 0 Å². The van der Waals surface area contributed by atoms with Crippen molar-refractivity contribution in [2.24, 2.45) is 0 Å². The number of halogens is 2. The summed E-state index contributed by atoms with van der Waals surface area (Å²) in [7, 11) is 0. The summed E-state index contributed by atoms with van der Waals surface area (Å²) in [5.74, 6) is 0.369. The van der Waals surface area contributed by atoms with E-state index in [1.165, 1.54) is 0 Å². The van der Waals surface area contributed by atoms with Gasteiger partial charge in [0.25, 0.3) is 6.43 Å². The predicted octanol–water partition coefficient (Wildman–Crippen LogP) is 3.11. The molecular formula is C20H22F2N4O2. The molecule has 28 heavy (non-hydrogen) atoms. The second-order valence-corrected chi connectivity index (χ2v) is 6.45. The number of nitrogens with one attached hydrogen (secondary N) is 1. The van der Waals surface area contributed by atoms with Gasteiger partial charge in [0.2, 0.25) is 5.91 Å². The molecule has 0 aliphatic heterocycles. The monoisotopic (exact) mass is 388 g/mol. The van der Waals surface area contributed by atoms with Gasteiger partial charge in [0.1, 0.15) is 12.4 Å². The zero-order valence-corrected chi connectivity index (χ0v) is 15.8. The van der Waals surface area contributed by atoms with Crippen LogP contribution in [0.15, 0.2) is 36.7 Å². The average Bonchev–Trinajstić information content (AvgIpc) is 3.04. The van der Waals surface area contributed by atoms with Crippen molar-refractivity contribution in [2.45, 2.75) is 33.2 Å². The molecule has 1 aromatic carbocycles. The summed E-state index contributed by atoms with van der Waals surface area (Å²) in [6, 6.07) is 7.22. The Bertz CT molecular complexity index is 972. The fraction of sp³-hybridized carbons (Fsp3) is 0.350. The normalized spacial score (nSPS) is 11.2. The highest BCUT2D eigenvalue weighted by molar-refractivity contribution is 5.86. The highest BCUT2D eigenvalue weighted by Gasteiger charge is 2.12. The third-order valence-electron chi connectivity index (χ3n) is 4.21. The molecule has 1 amide bonds. The zero-order chi connectivity index (χ0) is 20.1. The lowest BCUT2D eigenvalue weighted by atomic mass is 10.1. The fourth-order valence-electron chi connectivity index (χ4n) is 2.99. The number of rotatable bonds is 8. The highest BCUT2D eigenvalue weighted by atomic mass is 19.3. The van der Waals surface area contributed by atoms with Crippen LogP contribution in [0.25, 0.3) is 10.9 Å². The molecule has 148 valence electrons. The molecule has 6 nitrogen and oxygen atoms in total. The van der Waals surface area contributed by atoms with Crippen LogP contribution >= 0.6 is 0 Å². The molecule has 0 unspecified atom stereocenters. The molecule has 8 heteroatoms. The molecule has 2 heterocycles. The summed E-state index contributed by atoms with van der Waals surface area (Å²) in [4.78, 5) is 16.2. The molecular weight excluding hydrogens is 366 g/mol. The van der Waals surface area contributed by atoms with Crippen LogP contribution in [-0.2, 0) is 17.8 Å². The zero-order valence-electron chi connectivity index (χ0n) is 15.8. The van der Waals surface area contributed by atoms with Crippen molar-refractivity contribution >= 4 is 16.8 Å². The Labute approximate surface area is 161 Å². The van der Waals surface area contributed by atoms with E-state index in [-0.39, 0.29) is 12.3 Å². The number of ether oxygens (including phenoxy) is 1. The van der Waals surface area contributed by atoms with Crippen LogP contribution < -0.4 is 10.1 Å². The maximum atomic E-state index is 12.3. The van der Waals surface area contributed by atoms with E-state index < -0.39 is 13.0 Å². The predicted molar refractivity (Wildman–Crippen MR) is 102 cm³/mol. The first-order valence-electron chi connectivity index (χ1n) is 9.04. The van der Waals surface area contributed by atoms with E-state index in [4.69, 9.17) is 4.74 Å². The molecule has 0 aliphatic rings. The van der Waals surface area contributed by atoms with Gasteiger partial charge in [-0.05, 0) is 37.1 Å². The molecule has 3 rings (SSSR count). The minimum Gasteiger partial charge on any atom is -0.487 e. The van der Waals surface area contributed by atoms with E-state index in [1.54, 1.807) is 23.0 Å². The summed E-state index contributed by atoms with van der Waals surface area (Å²) in [5, 5.41) is 8.15. The van der Waals surface area contributed by atoms with Crippen molar-refractivity contribution in [3.63, 3.8) is 0 Å². The Kier molecular flexibility index (Phi) is 6.18. The summed E-state index contributed by atoms with van der Waals surface area (Å²) in [6.45, 7) is 4.15. The summed E-state index contributed by atoms with van der Waals surface area (Å²) in [5.41, 5.74) is 3.20. The van der Waals surface area contributed by atoms with E-state index in [9.17, 15) is 13.6 Å². The Hall–Kier alpha value is -3.03. The minimum absolute atomic E-state index is 0.0785. The first-order chi connectivity index (χ1) is 13.5. The van der Waals surface area contributed by atoms with Crippen LogP contribution in [-0.4, -0.2) is 40.2 Å². The largest absolute Gasteiger partial charge is 0.487 e. The molecule has 0 saturated heterocycles. The quantitative estimate of drug-likeness (QED) is 0.644. The van der Waals surface area contributed by atoms with Gasteiger partial charge in [-0.25, -0.2) is 8.78 Å². The van der Waals surface area contributed by atoms with Crippen LogP contribution in [0.4, 0.5) is 8.78 Å². The van der Waals surface area contributed by atoms with Gasteiger partial charge in [0, 0.05) is 24.3 Å². The van der Waals surface area contributed by atoms with Crippen molar-refractivity contribution < 1.29 is 18.3 Å². The van der Waals surface area contributed by atoms with Gasteiger partial charge < -0.3 is 10.1 Å². The standard InChI is InChI=1S/C20H22F2N4O2/c1-3-23-20(27)9-17-15-11-26(25-16(15)6-7-24-17)10-14-4-5-18(13(2)8-14)28-12-19(21)22/h4-8,11,19H,3,9-10,12H2,1-2H3,(H,23,27). The van der Waals surface area contributed by atoms with E-state index in [2.05, 4.69) is 15.4 Å². The number of aryl methyl sites for hydroxylation is 1. The number of amides is 1. The van der Waals surface area contributed by atoms with Gasteiger partial charge in [-0.3, -0.25) is 14.5 Å². The molecule has 1 N–H and O–H groups in total. The summed E-state index contributed by atoms with van der Waals surface area (Å²) < 4.78 is 31.5. The molecule has 0 radical (unpaired) electrons. The Morgan fingerprint density at radius 3 is 2.86 bits per heavy atom. The molecule has 0 atom stereocenters. The molecule has 0 bridgehead atoms. The number of aromatic nitrogens is 3. The van der Waals surface area contributed by atoms with Crippen molar-refractivity contribution in [2.75, 3.05) is 13.2 Å². The smallest absolute Gasteiger partial charge is 0.272 e. The number of fused-ring (bicyclic) bond motifs is 1. The Morgan fingerprint density at radius 2 is 2.14 bits per heavy atom. The number of nitrogens with zero attached hydrogens (tertiary/aromatic N) is 3. The highest BCUT2D eigenvalue weighted by Crippen LogP contribution is 2.21. The number of pyridine rings is 1. The van der Waals surface area contributed by atoms with Gasteiger partial charge in [0.05, 0.1) is 24.2 Å². The van der Waals surface area contributed by atoms with Gasteiger partial charge in [0.15, 0.2) is 0 Å². The molecule has 0 saturated carbocycles. The minimum atomic E-state index is -2.50. The molecule has 0 aliphatic carbocycles. The van der Waals surface area contributed by atoms with Crippen LogP contribution in [0, 0.1) is 6.92 Å². The number of benzene rings is 1. The third kappa shape index (κ3) is 4.82.